The number of aromatic amines is 1. The van der Waals surface area contributed by atoms with Gasteiger partial charge in [-0.25, -0.2) is 23.2 Å². The van der Waals surface area contributed by atoms with E-state index in [1.807, 2.05) is 37.4 Å². The van der Waals surface area contributed by atoms with Crippen molar-refractivity contribution in [1.29, 1.82) is 5.41 Å². The summed E-state index contributed by atoms with van der Waals surface area (Å²) in [6.07, 6.45) is 0. The van der Waals surface area contributed by atoms with Crippen LogP contribution in [0.25, 0.3) is 11.0 Å². The number of hydrogen-bond donors (Lipinski definition) is 4. The fourth-order valence-electron chi connectivity index (χ4n) is 3.57. The minimum atomic E-state index is -1.23. The van der Waals surface area contributed by atoms with E-state index in [-0.39, 0.29) is 33.3 Å². The topological polar surface area (TPSA) is 91.3 Å². The molecule has 0 atom stereocenters. The molecule has 0 aliphatic heterocycles. The molecule has 4 N–H and O–H groups in total. The molecule has 0 amide bonds. The molecule has 3 aromatic carbocycles. The summed E-state index contributed by atoms with van der Waals surface area (Å²) in [4.78, 5) is 9.03. The first-order chi connectivity index (χ1) is 16.7. The van der Waals surface area contributed by atoms with Gasteiger partial charge in [-0.1, -0.05) is 41.9 Å². The molecule has 0 unspecified atom stereocenters. The molecule has 0 aliphatic carbocycles. The van der Waals surface area contributed by atoms with Crippen LogP contribution in [0.15, 0.2) is 54.6 Å². The summed E-state index contributed by atoms with van der Waals surface area (Å²) in [5.74, 6) is -3.53. The SMILES string of the molecule is CN(CCNc1nc2c(F)c(F)cc(C(=N)N(O)c3ccc(F)c(Cl)c3)c2[nH]1)Cc1ccccc1. The number of fused-ring (bicyclic) bond motifs is 1. The Balaban J connectivity index is 1.52. The van der Waals surface area contributed by atoms with Crippen molar-refractivity contribution in [3.8, 4) is 0 Å². The van der Waals surface area contributed by atoms with E-state index < -0.39 is 23.3 Å². The van der Waals surface area contributed by atoms with E-state index in [9.17, 15) is 18.4 Å². The number of nitrogens with one attached hydrogen (secondary N) is 3. The molecule has 1 aromatic heterocycles. The van der Waals surface area contributed by atoms with Crippen molar-refractivity contribution in [2.24, 2.45) is 0 Å². The first kappa shape index (κ1) is 24.5. The number of H-pyrrole nitrogens is 1. The highest BCUT2D eigenvalue weighted by Crippen LogP contribution is 2.28. The van der Waals surface area contributed by atoms with Crippen molar-refractivity contribution in [3.05, 3.63) is 88.2 Å². The molecule has 0 aliphatic rings. The molecular weight excluding hydrogens is 481 g/mol. The molecule has 0 saturated carbocycles. The van der Waals surface area contributed by atoms with Crippen molar-refractivity contribution in [3.63, 3.8) is 0 Å². The van der Waals surface area contributed by atoms with Gasteiger partial charge >= 0.3 is 0 Å². The maximum Gasteiger partial charge on any atom is 0.201 e. The van der Waals surface area contributed by atoms with Gasteiger partial charge < -0.3 is 15.2 Å². The number of halogens is 4. The quantitative estimate of drug-likeness (QED) is 0.147. The molecule has 4 rings (SSSR count). The summed E-state index contributed by atoms with van der Waals surface area (Å²) < 4.78 is 42.2. The first-order valence-corrected chi connectivity index (χ1v) is 11.0. The third kappa shape index (κ3) is 5.40. The standard InChI is InChI=1S/C24H22ClF3N6O/c1-33(13-14-5-3-2-4-6-14)10-9-30-24-31-21-16(12-19(27)20(28)22(21)32-24)23(29)34(35)15-7-8-18(26)17(25)11-15/h2-8,11-12,29,35H,9-10,13H2,1H3,(H2,30,31,32). The lowest BCUT2D eigenvalue weighted by Crippen LogP contribution is -2.27. The number of hydroxylamine groups is 1. The molecule has 0 fully saturated rings. The number of hydrogen-bond acceptors (Lipinski definition) is 5. The van der Waals surface area contributed by atoms with Gasteiger partial charge in [0.15, 0.2) is 17.5 Å². The van der Waals surface area contributed by atoms with Gasteiger partial charge in [-0.15, -0.1) is 0 Å². The Hall–Kier alpha value is -3.60. The minimum absolute atomic E-state index is 0.0151. The van der Waals surface area contributed by atoms with Crippen LogP contribution in [0.4, 0.5) is 24.8 Å². The number of imidazole rings is 1. The van der Waals surface area contributed by atoms with E-state index in [1.165, 1.54) is 6.07 Å². The predicted octanol–water partition coefficient (Wildman–Crippen LogP) is 5.40. The number of amidine groups is 1. The Bertz CT molecular complexity index is 1360. The van der Waals surface area contributed by atoms with Crippen LogP contribution in [0.5, 0.6) is 0 Å². The molecule has 11 heteroatoms. The number of anilines is 2. The van der Waals surface area contributed by atoms with E-state index in [4.69, 9.17) is 17.0 Å². The molecule has 0 saturated heterocycles. The van der Waals surface area contributed by atoms with Crippen LogP contribution in [-0.2, 0) is 6.54 Å². The van der Waals surface area contributed by atoms with Crippen LogP contribution >= 0.6 is 11.6 Å². The van der Waals surface area contributed by atoms with E-state index in [0.717, 1.165) is 30.3 Å². The summed E-state index contributed by atoms with van der Waals surface area (Å²) in [5.41, 5.74) is 0.675. The molecule has 0 radical (unpaired) electrons. The number of benzene rings is 3. The van der Waals surface area contributed by atoms with E-state index in [2.05, 4.69) is 20.2 Å². The van der Waals surface area contributed by atoms with Gasteiger partial charge in [-0.3, -0.25) is 10.6 Å². The Labute approximate surface area is 204 Å². The van der Waals surface area contributed by atoms with Crippen LogP contribution in [0.2, 0.25) is 5.02 Å². The Morgan fingerprint density at radius 1 is 1.11 bits per heavy atom. The normalized spacial score (nSPS) is 11.3. The lowest BCUT2D eigenvalue weighted by molar-refractivity contribution is 0.312. The zero-order chi connectivity index (χ0) is 25.1. The fourth-order valence-corrected chi connectivity index (χ4v) is 3.75. The summed E-state index contributed by atoms with van der Waals surface area (Å²) >= 11 is 5.75. The highest BCUT2D eigenvalue weighted by molar-refractivity contribution is 6.31. The van der Waals surface area contributed by atoms with Gasteiger partial charge in [0.2, 0.25) is 5.95 Å². The summed E-state index contributed by atoms with van der Waals surface area (Å²) in [5, 5.41) is 22.0. The lowest BCUT2D eigenvalue weighted by Gasteiger charge is -2.18. The zero-order valence-corrected chi connectivity index (χ0v) is 19.4. The van der Waals surface area contributed by atoms with Gasteiger partial charge in [-0.05, 0) is 36.9 Å². The van der Waals surface area contributed by atoms with Gasteiger partial charge in [0.25, 0.3) is 0 Å². The van der Waals surface area contributed by atoms with E-state index in [1.54, 1.807) is 0 Å². The average molecular weight is 503 g/mol. The average Bonchev–Trinajstić information content (AvgIpc) is 3.27. The second-order valence-electron chi connectivity index (χ2n) is 7.94. The first-order valence-electron chi connectivity index (χ1n) is 10.6. The van der Waals surface area contributed by atoms with Crippen molar-refractivity contribution in [1.82, 2.24) is 14.9 Å². The molecule has 182 valence electrons. The molecule has 0 spiro atoms. The van der Waals surface area contributed by atoms with Crippen LogP contribution in [0.3, 0.4) is 0 Å². The van der Waals surface area contributed by atoms with Crippen LogP contribution in [0, 0.1) is 22.9 Å². The maximum absolute atomic E-state index is 14.5. The monoisotopic (exact) mass is 502 g/mol. The number of aromatic nitrogens is 2. The van der Waals surface area contributed by atoms with E-state index >= 15 is 0 Å². The van der Waals surface area contributed by atoms with E-state index in [0.29, 0.717) is 18.2 Å². The van der Waals surface area contributed by atoms with Crippen LogP contribution < -0.4 is 10.4 Å². The van der Waals surface area contributed by atoms with Crippen molar-refractivity contribution in [2.45, 2.75) is 6.54 Å². The van der Waals surface area contributed by atoms with Gasteiger partial charge in [0.1, 0.15) is 11.3 Å². The highest BCUT2D eigenvalue weighted by Gasteiger charge is 2.23. The molecule has 1 heterocycles. The number of rotatable bonds is 8. The minimum Gasteiger partial charge on any atom is -0.355 e. The largest absolute Gasteiger partial charge is 0.355 e. The third-order valence-electron chi connectivity index (χ3n) is 5.36. The van der Waals surface area contributed by atoms with Crippen molar-refractivity contribution in [2.75, 3.05) is 30.5 Å². The van der Waals surface area contributed by atoms with Gasteiger partial charge in [0.05, 0.1) is 16.2 Å². The summed E-state index contributed by atoms with van der Waals surface area (Å²) in [6, 6.07) is 14.0. The highest BCUT2D eigenvalue weighted by atomic mass is 35.5. The zero-order valence-electron chi connectivity index (χ0n) is 18.6. The summed E-state index contributed by atoms with van der Waals surface area (Å²) in [7, 11) is 1.96. The second-order valence-corrected chi connectivity index (χ2v) is 8.35. The Morgan fingerprint density at radius 2 is 1.86 bits per heavy atom. The Morgan fingerprint density at radius 3 is 2.57 bits per heavy atom. The third-order valence-corrected chi connectivity index (χ3v) is 5.65. The Kier molecular flexibility index (Phi) is 7.25. The van der Waals surface area contributed by atoms with Crippen molar-refractivity contribution >= 4 is 40.1 Å². The van der Waals surface area contributed by atoms with Crippen LogP contribution in [0.1, 0.15) is 11.1 Å². The number of likely N-dealkylation sites (N-methyl/N-ethyl adjacent to an activating group) is 1. The fraction of sp³-hybridized carbons (Fsp3) is 0.167. The smallest absolute Gasteiger partial charge is 0.201 e. The number of nitrogens with zero attached hydrogens (tertiary/aromatic N) is 3. The van der Waals surface area contributed by atoms with Gasteiger partial charge in [0, 0.05) is 25.2 Å². The lowest BCUT2D eigenvalue weighted by atomic mass is 10.1. The molecule has 35 heavy (non-hydrogen) atoms. The second kappa shape index (κ2) is 10.3. The molecule has 0 bridgehead atoms. The van der Waals surface area contributed by atoms with Crippen LogP contribution in [-0.4, -0.2) is 46.0 Å². The van der Waals surface area contributed by atoms with Crippen molar-refractivity contribution < 1.29 is 18.4 Å². The molecule has 4 aromatic rings. The van der Waals surface area contributed by atoms with Gasteiger partial charge in [-0.2, -0.15) is 0 Å². The molecule has 7 nitrogen and oxygen atoms in total. The molecular formula is C24H22ClF3N6O. The summed E-state index contributed by atoms with van der Waals surface area (Å²) in [6.45, 7) is 1.84. The predicted molar refractivity (Wildman–Crippen MR) is 130 cm³/mol. The maximum atomic E-state index is 14.5.